The molecule has 0 saturated carbocycles. The molecule has 0 fully saturated rings. The third-order valence-corrected chi connectivity index (χ3v) is 2.57. The number of nitrogens with one attached hydrogen (secondary N) is 1. The molecule has 0 saturated heterocycles. The van der Waals surface area contributed by atoms with Crippen LogP contribution in [-0.4, -0.2) is 7.11 Å². The summed E-state index contributed by atoms with van der Waals surface area (Å²) in [5.74, 6) is 1.02. The average Bonchev–Trinajstić information content (AvgIpc) is 2.73. The summed E-state index contributed by atoms with van der Waals surface area (Å²) < 4.78 is 23.4. The molecule has 1 N–H and O–H groups in total. The molecule has 0 atom stereocenters. The Morgan fingerprint density at radius 2 is 2.18 bits per heavy atom. The van der Waals surface area contributed by atoms with E-state index in [4.69, 9.17) is 9.15 Å². The van der Waals surface area contributed by atoms with Gasteiger partial charge in [0.1, 0.15) is 17.3 Å². The van der Waals surface area contributed by atoms with Gasteiger partial charge in [0.05, 0.1) is 25.6 Å². The Morgan fingerprint density at radius 3 is 2.82 bits per heavy atom. The first kappa shape index (κ1) is 11.5. The van der Waals surface area contributed by atoms with Crippen LogP contribution in [0.2, 0.25) is 0 Å². The summed E-state index contributed by atoms with van der Waals surface area (Å²) in [6.45, 7) is 2.52. The lowest BCUT2D eigenvalue weighted by atomic mass is 10.2. The van der Waals surface area contributed by atoms with Gasteiger partial charge in [-0.05, 0) is 30.7 Å². The highest BCUT2D eigenvalue weighted by molar-refractivity contribution is 5.56. The van der Waals surface area contributed by atoms with E-state index in [-0.39, 0.29) is 5.82 Å². The summed E-state index contributed by atoms with van der Waals surface area (Å²) in [4.78, 5) is 0. The highest BCUT2D eigenvalue weighted by Crippen LogP contribution is 2.25. The van der Waals surface area contributed by atoms with Crippen molar-refractivity contribution >= 4 is 5.69 Å². The standard InChI is InChI=1S/C13H14FNO2/c1-9-5-6-17-13(9)8-15-11-4-3-10(14)7-12(11)16-2/h3-7,15H,8H2,1-2H3. The van der Waals surface area contributed by atoms with Crippen LogP contribution in [0.5, 0.6) is 5.75 Å². The molecule has 0 aliphatic carbocycles. The number of hydrogen-bond acceptors (Lipinski definition) is 3. The van der Waals surface area contributed by atoms with Gasteiger partial charge in [0, 0.05) is 6.07 Å². The van der Waals surface area contributed by atoms with Crippen LogP contribution in [0.3, 0.4) is 0 Å². The van der Waals surface area contributed by atoms with Crippen LogP contribution in [0, 0.1) is 12.7 Å². The summed E-state index contributed by atoms with van der Waals surface area (Å²) in [7, 11) is 1.51. The number of benzene rings is 1. The molecule has 0 amide bonds. The van der Waals surface area contributed by atoms with Gasteiger partial charge in [-0.3, -0.25) is 0 Å². The number of ether oxygens (including phenoxy) is 1. The summed E-state index contributed by atoms with van der Waals surface area (Å²) in [5, 5.41) is 3.15. The Labute approximate surface area is 99.2 Å². The molecule has 0 bridgehead atoms. The molecular weight excluding hydrogens is 221 g/mol. The minimum Gasteiger partial charge on any atom is -0.494 e. The SMILES string of the molecule is COc1cc(F)ccc1NCc1occc1C. The number of hydrogen-bond donors (Lipinski definition) is 1. The molecule has 0 spiro atoms. The van der Waals surface area contributed by atoms with Gasteiger partial charge in [-0.1, -0.05) is 0 Å². The molecule has 0 radical (unpaired) electrons. The van der Waals surface area contributed by atoms with Gasteiger partial charge < -0.3 is 14.5 Å². The number of furan rings is 1. The van der Waals surface area contributed by atoms with Gasteiger partial charge in [-0.15, -0.1) is 0 Å². The molecule has 1 heterocycles. The van der Waals surface area contributed by atoms with E-state index < -0.39 is 0 Å². The zero-order valence-corrected chi connectivity index (χ0v) is 9.79. The van der Waals surface area contributed by atoms with Gasteiger partial charge in [-0.2, -0.15) is 0 Å². The highest BCUT2D eigenvalue weighted by atomic mass is 19.1. The number of methoxy groups -OCH3 is 1. The third-order valence-electron chi connectivity index (χ3n) is 2.57. The monoisotopic (exact) mass is 235 g/mol. The molecule has 4 heteroatoms. The van der Waals surface area contributed by atoms with Gasteiger partial charge in [0.15, 0.2) is 0 Å². The Hall–Kier alpha value is -1.97. The fourth-order valence-corrected chi connectivity index (χ4v) is 1.57. The van der Waals surface area contributed by atoms with Crippen LogP contribution in [0.1, 0.15) is 11.3 Å². The smallest absolute Gasteiger partial charge is 0.144 e. The van der Waals surface area contributed by atoms with Gasteiger partial charge in [0.2, 0.25) is 0 Å². The minimum absolute atomic E-state index is 0.318. The summed E-state index contributed by atoms with van der Waals surface area (Å²) in [6.07, 6.45) is 1.65. The van der Waals surface area contributed by atoms with Crippen molar-refractivity contribution < 1.29 is 13.5 Å². The molecule has 3 nitrogen and oxygen atoms in total. The van der Waals surface area contributed by atoms with Crippen molar-refractivity contribution in [1.29, 1.82) is 0 Å². The van der Waals surface area contributed by atoms with Crippen LogP contribution in [-0.2, 0) is 6.54 Å². The van der Waals surface area contributed by atoms with E-state index in [0.717, 1.165) is 17.0 Å². The van der Waals surface area contributed by atoms with Crippen molar-refractivity contribution in [1.82, 2.24) is 0 Å². The van der Waals surface area contributed by atoms with Gasteiger partial charge >= 0.3 is 0 Å². The predicted molar refractivity (Wildman–Crippen MR) is 63.7 cm³/mol. The summed E-state index contributed by atoms with van der Waals surface area (Å²) in [5.41, 5.74) is 1.82. The number of rotatable bonds is 4. The molecule has 2 aromatic rings. The van der Waals surface area contributed by atoms with E-state index in [2.05, 4.69) is 5.32 Å². The van der Waals surface area contributed by atoms with E-state index in [1.165, 1.54) is 19.2 Å². The first-order chi connectivity index (χ1) is 8.20. The van der Waals surface area contributed by atoms with Crippen molar-refractivity contribution in [3.63, 3.8) is 0 Å². The Kier molecular flexibility index (Phi) is 3.32. The van der Waals surface area contributed by atoms with E-state index in [0.29, 0.717) is 12.3 Å². The largest absolute Gasteiger partial charge is 0.494 e. The van der Waals surface area contributed by atoms with Crippen LogP contribution >= 0.6 is 0 Å². The number of halogens is 1. The zero-order valence-electron chi connectivity index (χ0n) is 9.79. The normalized spacial score (nSPS) is 10.3. The minimum atomic E-state index is -0.318. The van der Waals surface area contributed by atoms with Crippen LogP contribution in [0.4, 0.5) is 10.1 Å². The third kappa shape index (κ3) is 2.58. The second kappa shape index (κ2) is 4.91. The molecule has 17 heavy (non-hydrogen) atoms. The molecule has 0 aliphatic rings. The molecule has 1 aromatic carbocycles. The van der Waals surface area contributed by atoms with Crippen LogP contribution < -0.4 is 10.1 Å². The van der Waals surface area contributed by atoms with Gasteiger partial charge in [-0.25, -0.2) is 4.39 Å². The molecule has 0 unspecified atom stereocenters. The van der Waals surface area contributed by atoms with Crippen LogP contribution in [0.25, 0.3) is 0 Å². The molecule has 1 aromatic heterocycles. The first-order valence-corrected chi connectivity index (χ1v) is 5.31. The maximum absolute atomic E-state index is 13.0. The van der Waals surface area contributed by atoms with Crippen molar-refractivity contribution in [3.8, 4) is 5.75 Å². The predicted octanol–water partition coefficient (Wildman–Crippen LogP) is 3.35. The number of aryl methyl sites for hydroxylation is 1. The lowest BCUT2D eigenvalue weighted by molar-refractivity contribution is 0.412. The lowest BCUT2D eigenvalue weighted by Crippen LogP contribution is -2.01. The first-order valence-electron chi connectivity index (χ1n) is 5.31. The molecule has 2 rings (SSSR count). The van der Waals surface area contributed by atoms with Crippen molar-refractivity contribution in [2.75, 3.05) is 12.4 Å². The topological polar surface area (TPSA) is 34.4 Å². The maximum atomic E-state index is 13.0. The Balaban J connectivity index is 2.11. The van der Waals surface area contributed by atoms with Crippen molar-refractivity contribution in [2.24, 2.45) is 0 Å². The molecular formula is C13H14FNO2. The Bertz CT molecular complexity index is 508. The summed E-state index contributed by atoms with van der Waals surface area (Å²) in [6, 6.07) is 6.28. The molecule has 90 valence electrons. The fraction of sp³-hybridized carbons (Fsp3) is 0.231. The van der Waals surface area contributed by atoms with E-state index >= 15 is 0 Å². The fourth-order valence-electron chi connectivity index (χ4n) is 1.57. The van der Waals surface area contributed by atoms with Crippen molar-refractivity contribution in [3.05, 3.63) is 47.7 Å². The second-order valence-electron chi connectivity index (χ2n) is 3.72. The summed E-state index contributed by atoms with van der Waals surface area (Å²) >= 11 is 0. The maximum Gasteiger partial charge on any atom is 0.144 e. The number of anilines is 1. The molecule has 0 aliphatic heterocycles. The second-order valence-corrected chi connectivity index (χ2v) is 3.72. The van der Waals surface area contributed by atoms with Gasteiger partial charge in [0.25, 0.3) is 0 Å². The van der Waals surface area contributed by atoms with E-state index in [9.17, 15) is 4.39 Å². The quantitative estimate of drug-likeness (QED) is 0.882. The van der Waals surface area contributed by atoms with Crippen molar-refractivity contribution in [2.45, 2.75) is 13.5 Å². The van der Waals surface area contributed by atoms with E-state index in [1.54, 1.807) is 12.3 Å². The zero-order chi connectivity index (χ0) is 12.3. The lowest BCUT2D eigenvalue weighted by Gasteiger charge is -2.10. The Morgan fingerprint density at radius 1 is 1.35 bits per heavy atom. The van der Waals surface area contributed by atoms with Crippen LogP contribution in [0.15, 0.2) is 34.9 Å². The highest BCUT2D eigenvalue weighted by Gasteiger charge is 2.06. The average molecular weight is 235 g/mol. The van der Waals surface area contributed by atoms with E-state index in [1.807, 2.05) is 13.0 Å².